The van der Waals surface area contributed by atoms with Crippen molar-refractivity contribution in [2.75, 3.05) is 47.3 Å². The summed E-state index contributed by atoms with van der Waals surface area (Å²) in [6, 6.07) is 5.19. The van der Waals surface area contributed by atoms with Crippen molar-refractivity contribution in [2.24, 2.45) is 0 Å². The van der Waals surface area contributed by atoms with Gasteiger partial charge in [0, 0.05) is 32.9 Å². The lowest BCUT2D eigenvalue weighted by Gasteiger charge is -2.22. The van der Waals surface area contributed by atoms with Crippen molar-refractivity contribution in [1.82, 2.24) is 4.90 Å². The van der Waals surface area contributed by atoms with Crippen LogP contribution < -0.4 is 9.47 Å². The number of hydrogen-bond acceptors (Lipinski definition) is 5. The molecular formula is C14H19NO5. The summed E-state index contributed by atoms with van der Waals surface area (Å²) in [7, 11) is 3.22. The van der Waals surface area contributed by atoms with Gasteiger partial charge in [0.15, 0.2) is 11.5 Å². The van der Waals surface area contributed by atoms with Crippen LogP contribution in [0, 0.1) is 0 Å². The number of hydrogen-bond donors (Lipinski definition) is 0. The molecular weight excluding hydrogens is 262 g/mol. The maximum absolute atomic E-state index is 12.5. The normalized spacial score (nSPS) is 12.5. The Labute approximate surface area is 118 Å². The molecule has 1 heterocycles. The minimum Gasteiger partial charge on any atom is -0.454 e. The van der Waals surface area contributed by atoms with Gasteiger partial charge >= 0.3 is 0 Å². The van der Waals surface area contributed by atoms with Crippen LogP contribution in [0.25, 0.3) is 0 Å². The number of carbonyl (C=O) groups is 1. The van der Waals surface area contributed by atoms with E-state index in [0.717, 1.165) is 0 Å². The van der Waals surface area contributed by atoms with E-state index < -0.39 is 0 Å². The Hall–Kier alpha value is -1.79. The van der Waals surface area contributed by atoms with Crippen molar-refractivity contribution in [1.29, 1.82) is 0 Å². The van der Waals surface area contributed by atoms with Gasteiger partial charge in [-0.2, -0.15) is 0 Å². The summed E-state index contributed by atoms with van der Waals surface area (Å²) in [5.41, 5.74) is 0.571. The number of nitrogens with zero attached hydrogens (tertiary/aromatic N) is 1. The molecule has 1 aliphatic heterocycles. The van der Waals surface area contributed by atoms with Gasteiger partial charge in [0.25, 0.3) is 5.91 Å². The van der Waals surface area contributed by atoms with E-state index in [1.165, 1.54) is 0 Å². The maximum Gasteiger partial charge on any atom is 0.254 e. The summed E-state index contributed by atoms with van der Waals surface area (Å²) in [6.45, 7) is 2.21. The van der Waals surface area contributed by atoms with Gasteiger partial charge in [0.2, 0.25) is 6.79 Å². The zero-order chi connectivity index (χ0) is 14.4. The summed E-state index contributed by atoms with van der Waals surface area (Å²) in [5, 5.41) is 0. The van der Waals surface area contributed by atoms with E-state index in [1.807, 2.05) is 0 Å². The minimum atomic E-state index is -0.0719. The largest absolute Gasteiger partial charge is 0.454 e. The second-order valence-corrected chi connectivity index (χ2v) is 4.35. The fourth-order valence-electron chi connectivity index (χ4n) is 1.93. The third-order valence-electron chi connectivity index (χ3n) is 3.04. The lowest BCUT2D eigenvalue weighted by atomic mass is 10.1. The molecule has 0 atom stereocenters. The first-order valence-electron chi connectivity index (χ1n) is 6.43. The van der Waals surface area contributed by atoms with Gasteiger partial charge in [-0.3, -0.25) is 4.79 Å². The lowest BCUT2D eigenvalue weighted by Crippen LogP contribution is -2.36. The standard InChI is InChI=1S/C14H19NO5/c1-17-7-5-15(6-8-18-2)14(16)11-3-4-12-13(9-11)20-10-19-12/h3-4,9H,5-8,10H2,1-2H3. The van der Waals surface area contributed by atoms with Crippen molar-refractivity contribution in [2.45, 2.75) is 0 Å². The van der Waals surface area contributed by atoms with Gasteiger partial charge in [-0.1, -0.05) is 0 Å². The predicted molar refractivity (Wildman–Crippen MR) is 72.2 cm³/mol. The van der Waals surface area contributed by atoms with E-state index in [-0.39, 0.29) is 12.7 Å². The van der Waals surface area contributed by atoms with Crippen LogP contribution in [-0.2, 0) is 9.47 Å². The van der Waals surface area contributed by atoms with Gasteiger partial charge in [0.05, 0.1) is 13.2 Å². The summed E-state index contributed by atoms with van der Waals surface area (Å²) in [5.74, 6) is 1.20. The molecule has 0 unspecified atom stereocenters. The smallest absolute Gasteiger partial charge is 0.254 e. The quantitative estimate of drug-likeness (QED) is 0.750. The van der Waals surface area contributed by atoms with E-state index in [2.05, 4.69) is 0 Å². The van der Waals surface area contributed by atoms with Crippen LogP contribution in [0.5, 0.6) is 11.5 Å². The second kappa shape index (κ2) is 7.12. The molecule has 0 spiro atoms. The number of carbonyl (C=O) groups excluding carboxylic acids is 1. The van der Waals surface area contributed by atoms with Gasteiger partial charge in [-0.25, -0.2) is 0 Å². The van der Waals surface area contributed by atoms with Crippen molar-refractivity contribution in [3.63, 3.8) is 0 Å². The van der Waals surface area contributed by atoms with E-state index >= 15 is 0 Å². The summed E-state index contributed by atoms with van der Waals surface area (Å²) in [6.07, 6.45) is 0. The first-order valence-corrected chi connectivity index (χ1v) is 6.43. The molecule has 0 aromatic heterocycles. The second-order valence-electron chi connectivity index (χ2n) is 4.35. The average Bonchev–Trinajstić information content (AvgIpc) is 2.94. The fourth-order valence-corrected chi connectivity index (χ4v) is 1.93. The average molecular weight is 281 g/mol. The Bertz CT molecular complexity index is 455. The van der Waals surface area contributed by atoms with Gasteiger partial charge in [0.1, 0.15) is 0 Å². The molecule has 1 amide bonds. The van der Waals surface area contributed by atoms with Crippen molar-refractivity contribution in [3.8, 4) is 11.5 Å². The van der Waals surface area contributed by atoms with Crippen LogP contribution in [0.1, 0.15) is 10.4 Å². The van der Waals surface area contributed by atoms with Gasteiger partial charge in [-0.15, -0.1) is 0 Å². The first-order chi connectivity index (χ1) is 9.76. The van der Waals surface area contributed by atoms with Crippen LogP contribution in [0.15, 0.2) is 18.2 Å². The molecule has 1 aromatic carbocycles. The van der Waals surface area contributed by atoms with Crippen molar-refractivity contribution in [3.05, 3.63) is 23.8 Å². The monoisotopic (exact) mass is 281 g/mol. The van der Waals surface area contributed by atoms with Crippen LogP contribution in [0.3, 0.4) is 0 Å². The number of methoxy groups -OCH3 is 2. The SMILES string of the molecule is COCCN(CCOC)C(=O)c1ccc2c(c1)OCO2. The Morgan fingerprint density at radius 3 is 2.45 bits per heavy atom. The fraction of sp³-hybridized carbons (Fsp3) is 0.500. The highest BCUT2D eigenvalue weighted by Gasteiger charge is 2.20. The number of ether oxygens (including phenoxy) is 4. The Balaban J connectivity index is 2.09. The topological polar surface area (TPSA) is 57.2 Å². The molecule has 1 aliphatic rings. The third kappa shape index (κ3) is 3.40. The molecule has 2 rings (SSSR count). The highest BCUT2D eigenvalue weighted by Crippen LogP contribution is 2.32. The van der Waals surface area contributed by atoms with Gasteiger partial charge < -0.3 is 23.8 Å². The number of rotatable bonds is 7. The summed E-state index contributed by atoms with van der Waals surface area (Å²) in [4.78, 5) is 14.2. The molecule has 0 N–H and O–H groups in total. The number of fused-ring (bicyclic) bond motifs is 1. The molecule has 6 heteroatoms. The third-order valence-corrected chi connectivity index (χ3v) is 3.04. The molecule has 6 nitrogen and oxygen atoms in total. The molecule has 0 saturated heterocycles. The molecule has 0 fully saturated rings. The molecule has 1 aromatic rings. The van der Waals surface area contributed by atoms with Crippen molar-refractivity contribution < 1.29 is 23.7 Å². The van der Waals surface area contributed by atoms with Crippen molar-refractivity contribution >= 4 is 5.91 Å². The van der Waals surface area contributed by atoms with E-state index in [0.29, 0.717) is 43.4 Å². The molecule has 110 valence electrons. The Morgan fingerprint density at radius 2 is 1.80 bits per heavy atom. The van der Waals surface area contributed by atoms with Crippen LogP contribution in [0.4, 0.5) is 0 Å². The Kier molecular flexibility index (Phi) is 5.20. The van der Waals surface area contributed by atoms with E-state index in [1.54, 1.807) is 37.3 Å². The molecule has 20 heavy (non-hydrogen) atoms. The zero-order valence-electron chi connectivity index (χ0n) is 11.8. The summed E-state index contributed by atoms with van der Waals surface area (Å²) < 4.78 is 20.6. The Morgan fingerprint density at radius 1 is 1.15 bits per heavy atom. The molecule has 0 saturated carbocycles. The predicted octanol–water partition coefficient (Wildman–Crippen LogP) is 1.15. The van der Waals surface area contributed by atoms with Crippen LogP contribution >= 0.6 is 0 Å². The zero-order valence-corrected chi connectivity index (χ0v) is 11.8. The van der Waals surface area contributed by atoms with Gasteiger partial charge in [-0.05, 0) is 18.2 Å². The van der Waals surface area contributed by atoms with E-state index in [4.69, 9.17) is 18.9 Å². The highest BCUT2D eigenvalue weighted by atomic mass is 16.7. The highest BCUT2D eigenvalue weighted by molar-refractivity contribution is 5.95. The maximum atomic E-state index is 12.5. The van der Waals surface area contributed by atoms with E-state index in [9.17, 15) is 4.79 Å². The number of benzene rings is 1. The first kappa shape index (κ1) is 14.6. The lowest BCUT2D eigenvalue weighted by molar-refractivity contribution is 0.0627. The molecule has 0 aliphatic carbocycles. The molecule has 0 radical (unpaired) electrons. The summed E-state index contributed by atoms with van der Waals surface area (Å²) >= 11 is 0. The molecule has 0 bridgehead atoms. The minimum absolute atomic E-state index is 0.0719. The van der Waals surface area contributed by atoms with Crippen LogP contribution in [0.2, 0.25) is 0 Å². The number of amides is 1. The van der Waals surface area contributed by atoms with Crippen LogP contribution in [-0.4, -0.2) is 58.1 Å².